The smallest absolute Gasteiger partial charge is 0.303 e. The third kappa shape index (κ3) is 2.08. The maximum absolute atomic E-state index is 11.1. The summed E-state index contributed by atoms with van der Waals surface area (Å²) in [6.45, 7) is 4.44. The number of carboxylic acid groups (broad SMARTS) is 1. The number of aliphatic carboxylic acids is 1. The lowest BCUT2D eigenvalue weighted by molar-refractivity contribution is -0.141. The van der Waals surface area contributed by atoms with E-state index in [4.69, 9.17) is 0 Å². The van der Waals surface area contributed by atoms with Gasteiger partial charge in [-0.2, -0.15) is 0 Å². The van der Waals surface area contributed by atoms with Crippen LogP contribution in [0.4, 0.5) is 0 Å². The van der Waals surface area contributed by atoms with Gasteiger partial charge in [-0.3, -0.25) is 4.79 Å². The van der Waals surface area contributed by atoms with Gasteiger partial charge >= 0.3 is 5.97 Å². The van der Waals surface area contributed by atoms with Crippen LogP contribution in [0.3, 0.4) is 0 Å². The second-order valence-corrected chi connectivity index (χ2v) is 7.51. The first-order valence-corrected chi connectivity index (χ1v) is 7.76. The molecule has 4 fully saturated rings. The Balaban J connectivity index is 1.79. The molecule has 4 rings (SSSR count). The molecule has 2 nitrogen and oxygen atoms in total. The molecule has 0 aromatic heterocycles. The molecule has 4 aliphatic rings. The largest absolute Gasteiger partial charge is 0.481 e. The summed E-state index contributed by atoms with van der Waals surface area (Å²) in [5, 5.41) is 9.19. The van der Waals surface area contributed by atoms with E-state index in [1.807, 2.05) is 0 Å². The Morgan fingerprint density at radius 2 is 1.56 bits per heavy atom. The van der Waals surface area contributed by atoms with Crippen LogP contribution in [0.5, 0.6) is 0 Å². The summed E-state index contributed by atoms with van der Waals surface area (Å²) in [4.78, 5) is 11.1. The zero-order valence-corrected chi connectivity index (χ0v) is 11.6. The van der Waals surface area contributed by atoms with E-state index in [9.17, 15) is 9.90 Å². The van der Waals surface area contributed by atoms with E-state index in [2.05, 4.69) is 13.8 Å². The van der Waals surface area contributed by atoms with E-state index in [0.29, 0.717) is 24.2 Å². The van der Waals surface area contributed by atoms with Crippen molar-refractivity contribution in [1.82, 2.24) is 0 Å². The molecule has 0 heterocycles. The van der Waals surface area contributed by atoms with E-state index >= 15 is 0 Å². The van der Waals surface area contributed by atoms with E-state index in [1.165, 1.54) is 32.1 Å². The summed E-state index contributed by atoms with van der Waals surface area (Å²) in [5.41, 5.74) is 0. The Hall–Kier alpha value is -0.530. The van der Waals surface area contributed by atoms with Gasteiger partial charge in [0.25, 0.3) is 0 Å². The first-order valence-electron chi connectivity index (χ1n) is 7.76. The Bertz CT molecular complexity index is 306. The van der Waals surface area contributed by atoms with Crippen LogP contribution in [0.25, 0.3) is 0 Å². The highest BCUT2D eigenvalue weighted by atomic mass is 16.4. The van der Waals surface area contributed by atoms with Gasteiger partial charge in [0.15, 0.2) is 0 Å². The fraction of sp³-hybridized carbons (Fsp3) is 0.938. The Labute approximate surface area is 110 Å². The lowest BCUT2D eigenvalue weighted by Gasteiger charge is -2.57. The molecule has 1 atom stereocenters. The molecule has 0 aliphatic heterocycles. The van der Waals surface area contributed by atoms with Crippen LogP contribution in [-0.2, 0) is 4.79 Å². The molecule has 0 amide bonds. The molecular formula is C16H26O2. The van der Waals surface area contributed by atoms with Crippen molar-refractivity contribution in [3.05, 3.63) is 0 Å². The summed E-state index contributed by atoms with van der Waals surface area (Å²) in [6.07, 6.45) is 7.48. The maximum Gasteiger partial charge on any atom is 0.303 e. The maximum atomic E-state index is 11.1. The molecule has 0 aromatic carbocycles. The summed E-state index contributed by atoms with van der Waals surface area (Å²) in [6, 6.07) is 0. The zero-order valence-electron chi connectivity index (χ0n) is 11.6. The van der Waals surface area contributed by atoms with Crippen molar-refractivity contribution in [2.45, 2.75) is 52.4 Å². The van der Waals surface area contributed by atoms with Crippen molar-refractivity contribution < 1.29 is 9.90 Å². The predicted octanol–water partition coefficient (Wildman–Crippen LogP) is 3.81. The molecule has 0 aromatic rings. The van der Waals surface area contributed by atoms with E-state index in [0.717, 1.165) is 23.7 Å². The number of hydrogen-bond donors (Lipinski definition) is 1. The van der Waals surface area contributed by atoms with Crippen molar-refractivity contribution in [2.75, 3.05) is 0 Å². The minimum Gasteiger partial charge on any atom is -0.481 e. The second-order valence-electron chi connectivity index (χ2n) is 7.51. The molecule has 2 heteroatoms. The number of rotatable bonds is 4. The van der Waals surface area contributed by atoms with Crippen LogP contribution in [-0.4, -0.2) is 11.1 Å². The molecule has 0 radical (unpaired) electrons. The quantitative estimate of drug-likeness (QED) is 0.824. The normalized spacial score (nSPS) is 43.4. The number of hydrogen-bond acceptors (Lipinski definition) is 1. The van der Waals surface area contributed by atoms with E-state index in [1.54, 1.807) is 0 Å². The van der Waals surface area contributed by atoms with Crippen molar-refractivity contribution >= 4 is 5.97 Å². The van der Waals surface area contributed by atoms with E-state index < -0.39 is 5.97 Å². The van der Waals surface area contributed by atoms with Gasteiger partial charge in [0.1, 0.15) is 0 Å². The predicted molar refractivity (Wildman–Crippen MR) is 71.1 cm³/mol. The van der Waals surface area contributed by atoms with Gasteiger partial charge in [0, 0.05) is 6.42 Å². The van der Waals surface area contributed by atoms with Gasteiger partial charge < -0.3 is 5.11 Å². The van der Waals surface area contributed by atoms with Crippen molar-refractivity contribution in [2.24, 2.45) is 41.4 Å². The molecule has 18 heavy (non-hydrogen) atoms. The van der Waals surface area contributed by atoms with E-state index in [-0.39, 0.29) is 0 Å². The highest BCUT2D eigenvalue weighted by Crippen LogP contribution is 2.59. The molecule has 4 bridgehead atoms. The van der Waals surface area contributed by atoms with Crippen LogP contribution in [0.15, 0.2) is 0 Å². The highest BCUT2D eigenvalue weighted by molar-refractivity contribution is 5.67. The first kappa shape index (κ1) is 12.5. The molecule has 1 unspecified atom stereocenters. The third-order valence-electron chi connectivity index (χ3n) is 6.06. The lowest BCUT2D eigenvalue weighted by atomic mass is 9.48. The monoisotopic (exact) mass is 250 g/mol. The summed E-state index contributed by atoms with van der Waals surface area (Å²) >= 11 is 0. The molecule has 102 valence electrons. The van der Waals surface area contributed by atoms with Crippen LogP contribution >= 0.6 is 0 Å². The Kier molecular flexibility index (Phi) is 3.15. The van der Waals surface area contributed by atoms with Crippen molar-refractivity contribution in [3.63, 3.8) is 0 Å². The van der Waals surface area contributed by atoms with Crippen LogP contribution < -0.4 is 0 Å². The van der Waals surface area contributed by atoms with Crippen LogP contribution in [0.1, 0.15) is 52.4 Å². The van der Waals surface area contributed by atoms with Crippen molar-refractivity contribution in [3.8, 4) is 0 Å². The standard InChI is InChI=1S/C16H26O2/c1-9(2)14(8-15(17)18)16-12-4-10-3-11(6-12)7-13(16)5-10/h9-14,16H,3-8H2,1-2H3,(H,17,18). The minimum absolute atomic E-state index is 0.394. The average molecular weight is 250 g/mol. The van der Waals surface area contributed by atoms with Crippen LogP contribution in [0, 0.1) is 41.4 Å². The second kappa shape index (κ2) is 4.54. The number of carbonyl (C=O) groups is 1. The minimum atomic E-state index is -0.595. The molecular weight excluding hydrogens is 224 g/mol. The van der Waals surface area contributed by atoms with Gasteiger partial charge in [0.05, 0.1) is 0 Å². The zero-order chi connectivity index (χ0) is 12.9. The summed E-state index contributed by atoms with van der Waals surface area (Å²) in [7, 11) is 0. The van der Waals surface area contributed by atoms with Crippen molar-refractivity contribution in [1.29, 1.82) is 0 Å². The summed E-state index contributed by atoms with van der Waals surface area (Å²) in [5.74, 6) is 4.74. The lowest BCUT2D eigenvalue weighted by Crippen LogP contribution is -2.48. The van der Waals surface area contributed by atoms with Gasteiger partial charge in [-0.1, -0.05) is 13.8 Å². The molecule has 1 N–H and O–H groups in total. The fourth-order valence-electron chi connectivity index (χ4n) is 5.68. The third-order valence-corrected chi connectivity index (χ3v) is 6.06. The van der Waals surface area contributed by atoms with Gasteiger partial charge in [-0.25, -0.2) is 0 Å². The number of carboxylic acids is 1. The highest BCUT2D eigenvalue weighted by Gasteiger charge is 2.50. The van der Waals surface area contributed by atoms with Gasteiger partial charge in [-0.15, -0.1) is 0 Å². The average Bonchev–Trinajstić information content (AvgIpc) is 2.25. The molecule has 0 spiro atoms. The molecule has 0 saturated heterocycles. The van der Waals surface area contributed by atoms with Gasteiger partial charge in [0.2, 0.25) is 0 Å². The summed E-state index contributed by atoms with van der Waals surface area (Å²) < 4.78 is 0. The SMILES string of the molecule is CC(C)C(CC(=O)O)C1C2CC3CC(C2)CC1C3. The fourth-order valence-corrected chi connectivity index (χ4v) is 5.68. The molecule has 4 aliphatic carbocycles. The molecule has 4 saturated carbocycles. The Morgan fingerprint density at radius 1 is 1.06 bits per heavy atom. The first-order chi connectivity index (χ1) is 8.54. The van der Waals surface area contributed by atoms with Crippen LogP contribution in [0.2, 0.25) is 0 Å². The topological polar surface area (TPSA) is 37.3 Å². The van der Waals surface area contributed by atoms with Gasteiger partial charge in [-0.05, 0) is 73.5 Å². The Morgan fingerprint density at radius 3 is 1.94 bits per heavy atom.